The summed E-state index contributed by atoms with van der Waals surface area (Å²) in [6.45, 7) is 3.31. The first-order valence-corrected chi connectivity index (χ1v) is 10.0. The number of halogens is 1. The first kappa shape index (κ1) is 19.0. The summed E-state index contributed by atoms with van der Waals surface area (Å²) in [7, 11) is -2.00. The molecule has 0 atom stereocenters. The first-order chi connectivity index (χ1) is 11.4. The number of aromatic nitrogens is 2. The predicted molar refractivity (Wildman–Crippen MR) is 97.6 cm³/mol. The van der Waals surface area contributed by atoms with Crippen molar-refractivity contribution in [1.82, 2.24) is 9.78 Å². The molecule has 0 aliphatic rings. The topological polar surface area (TPSA) is 64.4 Å². The number of hydrogen-bond donors (Lipinski definition) is 0. The summed E-state index contributed by atoms with van der Waals surface area (Å²) in [5.41, 5.74) is 0.590. The molecule has 0 unspecified atom stereocenters. The van der Waals surface area contributed by atoms with E-state index in [1.54, 1.807) is 19.2 Å². The molecule has 0 aliphatic heterocycles. The van der Waals surface area contributed by atoms with Crippen molar-refractivity contribution in [2.45, 2.75) is 24.7 Å². The van der Waals surface area contributed by atoms with E-state index in [-0.39, 0.29) is 11.4 Å². The zero-order valence-electron chi connectivity index (χ0n) is 13.9. The van der Waals surface area contributed by atoms with Crippen LogP contribution in [0.2, 0.25) is 0 Å². The Morgan fingerprint density at radius 2 is 2.12 bits per heavy atom. The normalized spacial score (nSPS) is 11.6. The molecule has 0 radical (unpaired) electrons. The SMILES string of the molecule is CCCCOCCN(c1cccc(Br)c1)S(=O)(=O)c1cnn(C)c1. The van der Waals surface area contributed by atoms with E-state index in [0.717, 1.165) is 17.3 Å². The molecule has 0 fully saturated rings. The molecule has 1 aromatic carbocycles. The van der Waals surface area contributed by atoms with Gasteiger partial charge in [-0.15, -0.1) is 0 Å². The Labute approximate surface area is 151 Å². The van der Waals surface area contributed by atoms with Crippen LogP contribution in [0, 0.1) is 0 Å². The van der Waals surface area contributed by atoms with Gasteiger partial charge in [-0.05, 0) is 24.6 Å². The molecule has 0 aliphatic carbocycles. The largest absolute Gasteiger partial charge is 0.380 e. The van der Waals surface area contributed by atoms with Crippen molar-refractivity contribution in [3.8, 4) is 0 Å². The average molecular weight is 416 g/mol. The molecule has 8 heteroatoms. The molecule has 0 N–H and O–H groups in total. The fraction of sp³-hybridized carbons (Fsp3) is 0.438. The van der Waals surface area contributed by atoms with Crippen molar-refractivity contribution < 1.29 is 13.2 Å². The lowest BCUT2D eigenvalue weighted by Gasteiger charge is -2.24. The van der Waals surface area contributed by atoms with E-state index in [0.29, 0.717) is 18.9 Å². The fourth-order valence-corrected chi connectivity index (χ4v) is 3.99. The summed E-state index contributed by atoms with van der Waals surface area (Å²) in [5, 5.41) is 3.97. The summed E-state index contributed by atoms with van der Waals surface area (Å²) in [4.78, 5) is 0.165. The van der Waals surface area contributed by atoms with Gasteiger partial charge in [-0.3, -0.25) is 8.99 Å². The Kier molecular flexibility index (Phi) is 6.82. The van der Waals surface area contributed by atoms with Crippen LogP contribution in [0.25, 0.3) is 0 Å². The summed E-state index contributed by atoms with van der Waals surface area (Å²) >= 11 is 3.39. The molecular weight excluding hydrogens is 394 g/mol. The van der Waals surface area contributed by atoms with Crippen molar-refractivity contribution in [3.05, 3.63) is 41.1 Å². The smallest absolute Gasteiger partial charge is 0.267 e. The fourth-order valence-electron chi connectivity index (χ4n) is 2.17. The molecule has 0 saturated heterocycles. The first-order valence-electron chi connectivity index (χ1n) is 7.80. The number of unbranched alkanes of at least 4 members (excludes halogenated alkanes) is 1. The lowest BCUT2D eigenvalue weighted by Crippen LogP contribution is -2.34. The van der Waals surface area contributed by atoms with Crippen molar-refractivity contribution in [2.24, 2.45) is 7.05 Å². The minimum absolute atomic E-state index is 0.165. The van der Waals surface area contributed by atoms with Crippen LogP contribution in [-0.4, -0.2) is 38.0 Å². The maximum absolute atomic E-state index is 13.0. The van der Waals surface area contributed by atoms with Crippen LogP contribution < -0.4 is 4.31 Å². The molecule has 1 heterocycles. The van der Waals surface area contributed by atoms with Gasteiger partial charge in [0.2, 0.25) is 0 Å². The monoisotopic (exact) mass is 415 g/mol. The molecule has 0 spiro atoms. The van der Waals surface area contributed by atoms with Gasteiger partial charge in [-0.2, -0.15) is 5.10 Å². The Morgan fingerprint density at radius 1 is 1.33 bits per heavy atom. The van der Waals surface area contributed by atoms with E-state index < -0.39 is 10.0 Å². The predicted octanol–water partition coefficient (Wildman–Crippen LogP) is 3.19. The van der Waals surface area contributed by atoms with E-state index in [1.165, 1.54) is 21.4 Å². The van der Waals surface area contributed by atoms with E-state index in [1.807, 2.05) is 12.1 Å². The van der Waals surface area contributed by atoms with E-state index in [2.05, 4.69) is 28.0 Å². The molecule has 0 bridgehead atoms. The molecule has 6 nitrogen and oxygen atoms in total. The van der Waals surface area contributed by atoms with Crippen LogP contribution in [0.5, 0.6) is 0 Å². The third-order valence-corrected chi connectivity index (χ3v) is 5.72. The number of hydrogen-bond acceptors (Lipinski definition) is 4. The number of rotatable bonds is 9. The molecule has 2 aromatic rings. The maximum Gasteiger partial charge on any atom is 0.267 e. The number of nitrogens with zero attached hydrogens (tertiary/aromatic N) is 3. The highest BCUT2D eigenvalue weighted by atomic mass is 79.9. The van der Waals surface area contributed by atoms with Gasteiger partial charge in [0.15, 0.2) is 0 Å². The highest BCUT2D eigenvalue weighted by Crippen LogP contribution is 2.25. The Morgan fingerprint density at radius 3 is 2.75 bits per heavy atom. The minimum atomic E-state index is -3.69. The lowest BCUT2D eigenvalue weighted by molar-refractivity contribution is 0.139. The van der Waals surface area contributed by atoms with Gasteiger partial charge in [0, 0.05) is 24.3 Å². The van der Waals surface area contributed by atoms with Crippen LogP contribution in [0.1, 0.15) is 19.8 Å². The van der Waals surface area contributed by atoms with Gasteiger partial charge in [0.05, 0.1) is 25.0 Å². The number of ether oxygens (including phenoxy) is 1. The van der Waals surface area contributed by atoms with Gasteiger partial charge < -0.3 is 4.74 Å². The molecule has 2 rings (SSSR count). The Balaban J connectivity index is 2.25. The number of benzene rings is 1. The van der Waals surface area contributed by atoms with Crippen LogP contribution in [-0.2, 0) is 21.8 Å². The van der Waals surface area contributed by atoms with Crippen LogP contribution >= 0.6 is 15.9 Å². The highest BCUT2D eigenvalue weighted by Gasteiger charge is 2.26. The van der Waals surface area contributed by atoms with Crippen LogP contribution in [0.3, 0.4) is 0 Å². The Bertz CT molecular complexity index is 761. The van der Waals surface area contributed by atoms with Crippen molar-refractivity contribution in [2.75, 3.05) is 24.1 Å². The number of aryl methyl sites for hydroxylation is 1. The van der Waals surface area contributed by atoms with E-state index >= 15 is 0 Å². The van der Waals surface area contributed by atoms with Gasteiger partial charge in [0.25, 0.3) is 10.0 Å². The quantitative estimate of drug-likeness (QED) is 0.589. The van der Waals surface area contributed by atoms with E-state index in [9.17, 15) is 8.42 Å². The molecule has 1 aromatic heterocycles. The standard InChI is InChI=1S/C16H22BrN3O3S/c1-3-4-9-23-10-8-20(15-7-5-6-14(17)11-15)24(21,22)16-12-18-19(2)13-16/h5-7,11-13H,3-4,8-10H2,1-2H3. The molecule has 132 valence electrons. The second kappa shape index (κ2) is 8.64. The summed E-state index contributed by atoms with van der Waals surface area (Å²) in [5.74, 6) is 0. The van der Waals surface area contributed by atoms with Crippen molar-refractivity contribution in [1.29, 1.82) is 0 Å². The molecule has 24 heavy (non-hydrogen) atoms. The second-order valence-corrected chi connectivity index (χ2v) is 8.15. The van der Waals surface area contributed by atoms with Gasteiger partial charge in [0.1, 0.15) is 4.90 Å². The zero-order valence-corrected chi connectivity index (χ0v) is 16.3. The molecule has 0 saturated carbocycles. The van der Waals surface area contributed by atoms with Crippen LogP contribution in [0.4, 0.5) is 5.69 Å². The summed E-state index contributed by atoms with van der Waals surface area (Å²) in [6, 6.07) is 7.21. The molecular formula is C16H22BrN3O3S. The summed E-state index contributed by atoms with van der Waals surface area (Å²) < 4.78 is 35.2. The van der Waals surface area contributed by atoms with Gasteiger partial charge >= 0.3 is 0 Å². The third-order valence-electron chi connectivity index (χ3n) is 3.45. The van der Waals surface area contributed by atoms with Gasteiger partial charge in [-0.1, -0.05) is 35.3 Å². The molecule has 0 amide bonds. The third kappa shape index (κ3) is 4.81. The minimum Gasteiger partial charge on any atom is -0.380 e. The number of anilines is 1. The second-order valence-electron chi connectivity index (χ2n) is 5.37. The van der Waals surface area contributed by atoms with E-state index in [4.69, 9.17) is 4.74 Å². The zero-order chi connectivity index (χ0) is 17.6. The van der Waals surface area contributed by atoms with Crippen molar-refractivity contribution in [3.63, 3.8) is 0 Å². The Hall–Kier alpha value is -1.38. The highest BCUT2D eigenvalue weighted by molar-refractivity contribution is 9.10. The lowest BCUT2D eigenvalue weighted by atomic mass is 10.3. The summed E-state index contributed by atoms with van der Waals surface area (Å²) in [6.07, 6.45) is 4.87. The van der Waals surface area contributed by atoms with Crippen molar-refractivity contribution >= 4 is 31.6 Å². The average Bonchev–Trinajstić information content (AvgIpc) is 2.98. The number of sulfonamides is 1. The van der Waals surface area contributed by atoms with Gasteiger partial charge in [-0.25, -0.2) is 8.42 Å². The van der Waals surface area contributed by atoms with Crippen LogP contribution in [0.15, 0.2) is 46.0 Å². The maximum atomic E-state index is 13.0.